The Morgan fingerprint density at radius 1 is 1.23 bits per heavy atom. The maximum Gasteiger partial charge on any atom is 0.343 e. The molecule has 9 heteroatoms. The van der Waals surface area contributed by atoms with Gasteiger partial charge < -0.3 is 29.2 Å². The van der Waals surface area contributed by atoms with Crippen molar-refractivity contribution in [3.63, 3.8) is 0 Å². The van der Waals surface area contributed by atoms with Gasteiger partial charge in [-0.3, -0.25) is 4.79 Å². The molecule has 3 aliphatic rings. The molecule has 0 spiro atoms. The maximum atomic E-state index is 15.5. The molecule has 0 bridgehead atoms. The van der Waals surface area contributed by atoms with Crippen molar-refractivity contribution in [3.8, 4) is 5.75 Å². The molecule has 8 nitrogen and oxygen atoms in total. The first kappa shape index (κ1) is 22.1. The molecule has 1 aliphatic carbocycles. The van der Waals surface area contributed by atoms with Gasteiger partial charge in [0, 0.05) is 25.2 Å². The second kappa shape index (κ2) is 8.07. The minimum absolute atomic E-state index is 0.0202. The first-order valence-corrected chi connectivity index (χ1v) is 11.7. The molecular weight excluding hydrogens is 455 g/mol. The molecule has 2 atom stereocenters. The zero-order chi connectivity index (χ0) is 24.3. The molecule has 182 valence electrons. The van der Waals surface area contributed by atoms with Gasteiger partial charge in [-0.15, -0.1) is 0 Å². The number of fused-ring (bicyclic) bond motifs is 5. The third-order valence-corrected chi connectivity index (χ3v) is 7.09. The third kappa shape index (κ3) is 3.66. The van der Waals surface area contributed by atoms with Gasteiger partial charge in [0.15, 0.2) is 11.6 Å². The van der Waals surface area contributed by atoms with Gasteiger partial charge in [0.05, 0.1) is 23.6 Å². The van der Waals surface area contributed by atoms with Crippen LogP contribution in [-0.4, -0.2) is 52.2 Å². The predicted molar refractivity (Wildman–Crippen MR) is 125 cm³/mol. The van der Waals surface area contributed by atoms with Crippen LogP contribution in [-0.2, 0) is 11.3 Å². The van der Waals surface area contributed by atoms with Crippen molar-refractivity contribution in [2.24, 2.45) is 0 Å². The highest BCUT2D eigenvalue weighted by molar-refractivity contribution is 5.98. The van der Waals surface area contributed by atoms with Crippen molar-refractivity contribution in [2.75, 3.05) is 24.7 Å². The fourth-order valence-electron chi connectivity index (χ4n) is 5.20. The van der Waals surface area contributed by atoms with E-state index in [2.05, 4.69) is 0 Å². The molecule has 2 aliphatic heterocycles. The number of pyridine rings is 1. The lowest BCUT2D eigenvalue weighted by atomic mass is 10.0. The van der Waals surface area contributed by atoms with E-state index in [1.165, 1.54) is 6.20 Å². The van der Waals surface area contributed by atoms with Crippen LogP contribution in [0.3, 0.4) is 0 Å². The lowest BCUT2D eigenvalue weighted by molar-refractivity contribution is 0.00141. The van der Waals surface area contributed by atoms with Crippen molar-refractivity contribution in [2.45, 2.75) is 43.6 Å². The predicted octanol–water partition coefficient (Wildman–Crippen LogP) is 2.53. The van der Waals surface area contributed by atoms with Crippen molar-refractivity contribution in [3.05, 3.63) is 69.8 Å². The van der Waals surface area contributed by atoms with Crippen LogP contribution in [0.25, 0.3) is 10.9 Å². The number of nitrogens with zero attached hydrogens (tertiary/aromatic N) is 2. The second-order valence-electron chi connectivity index (χ2n) is 9.68. The fourth-order valence-corrected chi connectivity index (χ4v) is 5.20. The molecule has 2 N–H and O–H groups in total. The molecule has 35 heavy (non-hydrogen) atoms. The summed E-state index contributed by atoms with van der Waals surface area (Å²) in [5, 5.41) is 20.3. The highest BCUT2D eigenvalue weighted by atomic mass is 19.1. The number of esters is 1. The molecule has 2 aromatic carbocycles. The Kier molecular flexibility index (Phi) is 5.08. The number of carbonyl (C=O) groups excluding carboxylic acids is 1. The Morgan fingerprint density at radius 2 is 2.00 bits per heavy atom. The molecule has 1 aromatic heterocycles. The Labute approximate surface area is 200 Å². The number of aliphatic hydroxyl groups is 2. The summed E-state index contributed by atoms with van der Waals surface area (Å²) in [5.41, 5.74) is -0.710. The first-order valence-electron chi connectivity index (χ1n) is 11.7. The smallest absolute Gasteiger partial charge is 0.343 e. The Bertz CT molecular complexity index is 1390. The minimum Gasteiger partial charge on any atom is -0.487 e. The van der Waals surface area contributed by atoms with E-state index < -0.39 is 29.4 Å². The summed E-state index contributed by atoms with van der Waals surface area (Å²) in [4.78, 5) is 28.0. The van der Waals surface area contributed by atoms with Crippen molar-refractivity contribution in [1.29, 1.82) is 0 Å². The van der Waals surface area contributed by atoms with E-state index in [9.17, 15) is 19.8 Å². The average Bonchev–Trinajstić information content (AvgIpc) is 3.64. The Morgan fingerprint density at radius 3 is 2.71 bits per heavy atom. The number of anilines is 1. The van der Waals surface area contributed by atoms with E-state index >= 15 is 4.39 Å². The van der Waals surface area contributed by atoms with Gasteiger partial charge in [-0.25, -0.2) is 9.18 Å². The number of halogens is 1. The van der Waals surface area contributed by atoms with E-state index in [-0.39, 0.29) is 60.6 Å². The van der Waals surface area contributed by atoms with Gasteiger partial charge in [0.25, 0.3) is 0 Å². The summed E-state index contributed by atoms with van der Waals surface area (Å²) < 4.78 is 28.7. The Balaban J connectivity index is 1.45. The van der Waals surface area contributed by atoms with Crippen LogP contribution in [0, 0.1) is 5.82 Å². The van der Waals surface area contributed by atoms with Gasteiger partial charge in [-0.1, -0.05) is 30.3 Å². The SMILES string of the molecule is O=C(OCc1ccccc1)c1cn(C2CC2)c2c3c(c(F)cc2c1=O)N1C[C@@](O)(CO)C[C@@H]1CO3. The lowest BCUT2D eigenvalue weighted by Crippen LogP contribution is -2.40. The van der Waals surface area contributed by atoms with Crippen LogP contribution in [0.15, 0.2) is 47.4 Å². The standard InChI is InChI=1S/C26H25FN2O6/c27-20-8-18-21(24-22(20)29-13-26(33,14-30)9-17(29)12-34-24)28(16-6-7-16)10-19(23(18)31)25(32)35-11-15-4-2-1-3-5-15/h1-5,8,10,16-17,30,33H,6-7,9,11-14H2/t17-,26-/m1/s1. The van der Waals surface area contributed by atoms with Crippen molar-refractivity contribution in [1.82, 2.24) is 4.57 Å². The number of rotatable bonds is 5. The minimum atomic E-state index is -1.35. The zero-order valence-electron chi connectivity index (χ0n) is 18.9. The summed E-state index contributed by atoms with van der Waals surface area (Å²) in [6.45, 7) is -0.170. The van der Waals surface area contributed by atoms with Gasteiger partial charge >= 0.3 is 5.97 Å². The van der Waals surface area contributed by atoms with Crippen molar-refractivity contribution >= 4 is 22.6 Å². The van der Waals surface area contributed by atoms with E-state index in [0.29, 0.717) is 5.52 Å². The van der Waals surface area contributed by atoms with E-state index in [1.54, 1.807) is 4.90 Å². The number of hydrogen-bond acceptors (Lipinski definition) is 7. The van der Waals surface area contributed by atoms with Crippen LogP contribution in [0.5, 0.6) is 5.75 Å². The van der Waals surface area contributed by atoms with Crippen LogP contribution in [0.1, 0.15) is 41.2 Å². The highest BCUT2D eigenvalue weighted by Gasteiger charge is 2.47. The third-order valence-electron chi connectivity index (χ3n) is 7.09. The van der Waals surface area contributed by atoms with Gasteiger partial charge in [-0.05, 0) is 24.5 Å². The molecule has 2 fully saturated rings. The number of ether oxygens (including phenoxy) is 2. The summed E-state index contributed by atoms with van der Waals surface area (Å²) in [7, 11) is 0. The topological polar surface area (TPSA) is 101 Å². The zero-order valence-corrected chi connectivity index (χ0v) is 18.9. The number of carbonyl (C=O) groups is 1. The first-order chi connectivity index (χ1) is 16.9. The van der Waals surface area contributed by atoms with Crippen LogP contribution in [0.4, 0.5) is 10.1 Å². The second-order valence-corrected chi connectivity index (χ2v) is 9.68. The molecule has 1 saturated heterocycles. The van der Waals surface area contributed by atoms with Gasteiger partial charge in [0.1, 0.15) is 30.1 Å². The highest BCUT2D eigenvalue weighted by Crippen LogP contribution is 2.48. The van der Waals surface area contributed by atoms with Gasteiger partial charge in [0.2, 0.25) is 5.43 Å². The number of hydrogen-bond donors (Lipinski definition) is 2. The molecule has 0 unspecified atom stereocenters. The lowest BCUT2D eigenvalue weighted by Gasteiger charge is -2.34. The molecule has 0 radical (unpaired) electrons. The molecule has 3 aromatic rings. The summed E-state index contributed by atoms with van der Waals surface area (Å²) in [6, 6.07) is 10.1. The normalized spacial score (nSPS) is 23.1. The largest absolute Gasteiger partial charge is 0.487 e. The van der Waals surface area contributed by atoms with E-state index in [1.807, 2.05) is 34.9 Å². The van der Waals surface area contributed by atoms with Crippen molar-refractivity contribution < 1.29 is 28.9 Å². The molecule has 0 amide bonds. The molecule has 1 saturated carbocycles. The molecule has 3 heterocycles. The molecule has 6 rings (SSSR count). The monoisotopic (exact) mass is 480 g/mol. The van der Waals surface area contributed by atoms with E-state index in [4.69, 9.17) is 9.47 Å². The quantitative estimate of drug-likeness (QED) is 0.541. The molecular formula is C26H25FN2O6. The van der Waals surface area contributed by atoms with Crippen LogP contribution in [0.2, 0.25) is 0 Å². The average molecular weight is 480 g/mol. The fraction of sp³-hybridized carbons (Fsp3) is 0.385. The summed E-state index contributed by atoms with van der Waals surface area (Å²) >= 11 is 0. The Hall–Kier alpha value is -3.43. The van der Waals surface area contributed by atoms with Crippen LogP contribution >= 0.6 is 0 Å². The number of benzene rings is 2. The summed E-state index contributed by atoms with van der Waals surface area (Å²) in [5.74, 6) is -1.21. The number of aliphatic hydroxyl groups excluding tert-OH is 1. The maximum absolute atomic E-state index is 15.5. The van der Waals surface area contributed by atoms with E-state index in [0.717, 1.165) is 24.5 Å². The van der Waals surface area contributed by atoms with Crippen LogP contribution < -0.4 is 15.1 Å². The summed E-state index contributed by atoms with van der Waals surface area (Å²) in [6.07, 6.45) is 3.47. The van der Waals surface area contributed by atoms with Gasteiger partial charge in [-0.2, -0.15) is 0 Å². The number of aromatic nitrogens is 1.